The smallest absolute Gasteiger partial charge is 0.215 e. The molecule has 17 heavy (non-hydrogen) atoms. The van der Waals surface area contributed by atoms with Crippen LogP contribution in [0.3, 0.4) is 0 Å². The molecule has 0 radical (unpaired) electrons. The molecule has 100 valence electrons. The van der Waals surface area contributed by atoms with Crippen LogP contribution in [0.15, 0.2) is 0 Å². The minimum absolute atomic E-state index is 0.331. The molecule has 2 N–H and O–H groups in total. The number of hydrogen-bond donors (Lipinski definition) is 2. The van der Waals surface area contributed by atoms with Gasteiger partial charge < -0.3 is 5.32 Å². The molecule has 0 heterocycles. The highest BCUT2D eigenvalue weighted by Gasteiger charge is 2.45. The van der Waals surface area contributed by atoms with Crippen molar-refractivity contribution in [3.63, 3.8) is 0 Å². The predicted octanol–water partition coefficient (Wildman–Crippen LogP) is 1.09. The van der Waals surface area contributed by atoms with Crippen LogP contribution < -0.4 is 10.0 Å². The molecule has 0 saturated heterocycles. The van der Waals surface area contributed by atoms with Gasteiger partial charge in [-0.25, -0.2) is 13.1 Å². The molecule has 2 atom stereocenters. The Labute approximate surface area is 105 Å². The summed E-state index contributed by atoms with van der Waals surface area (Å²) in [5, 5.41) is 2.92. The summed E-state index contributed by atoms with van der Waals surface area (Å²) < 4.78 is 26.7. The largest absolute Gasteiger partial charge is 0.313 e. The minimum Gasteiger partial charge on any atom is -0.313 e. The van der Waals surface area contributed by atoms with E-state index >= 15 is 0 Å². The van der Waals surface area contributed by atoms with Gasteiger partial charge in [-0.3, -0.25) is 0 Å². The minimum atomic E-state index is -3.15. The quantitative estimate of drug-likeness (QED) is 0.720. The van der Waals surface area contributed by atoms with Gasteiger partial charge in [-0.2, -0.15) is 0 Å². The van der Waals surface area contributed by atoms with Gasteiger partial charge >= 0.3 is 0 Å². The second-order valence-electron chi connectivity index (χ2n) is 6.28. The molecule has 2 fully saturated rings. The Kier molecular flexibility index (Phi) is 3.54. The van der Waals surface area contributed by atoms with Crippen molar-refractivity contribution in [2.24, 2.45) is 11.3 Å². The third-order valence-electron chi connectivity index (χ3n) is 4.05. The van der Waals surface area contributed by atoms with Gasteiger partial charge in [0.15, 0.2) is 0 Å². The van der Waals surface area contributed by atoms with Crippen molar-refractivity contribution >= 4 is 10.0 Å². The van der Waals surface area contributed by atoms with Crippen LogP contribution in [0.2, 0.25) is 0 Å². The van der Waals surface area contributed by atoms with E-state index in [1.165, 1.54) is 12.8 Å². The highest BCUT2D eigenvalue weighted by Crippen LogP contribution is 2.51. The summed E-state index contributed by atoms with van der Waals surface area (Å²) in [5.74, 6) is 0.515. The fourth-order valence-electron chi connectivity index (χ4n) is 2.01. The van der Waals surface area contributed by atoms with Crippen LogP contribution in [0.5, 0.6) is 0 Å². The molecule has 2 unspecified atom stereocenters. The zero-order valence-corrected chi connectivity index (χ0v) is 11.8. The second kappa shape index (κ2) is 4.52. The van der Waals surface area contributed by atoms with Crippen molar-refractivity contribution in [2.75, 3.05) is 13.1 Å². The normalized spacial score (nSPS) is 29.0. The van der Waals surface area contributed by atoms with Crippen LogP contribution in [0, 0.1) is 11.3 Å². The average Bonchev–Trinajstić information content (AvgIpc) is 3.10. The van der Waals surface area contributed by atoms with Crippen LogP contribution in [0.1, 0.15) is 40.0 Å². The lowest BCUT2D eigenvalue weighted by molar-refractivity contribution is 0.528. The molecule has 0 spiro atoms. The van der Waals surface area contributed by atoms with Gasteiger partial charge in [0.2, 0.25) is 10.0 Å². The van der Waals surface area contributed by atoms with Crippen molar-refractivity contribution < 1.29 is 8.42 Å². The molecule has 0 aliphatic heterocycles. The Morgan fingerprint density at radius 3 is 2.41 bits per heavy atom. The van der Waals surface area contributed by atoms with Gasteiger partial charge in [0, 0.05) is 19.1 Å². The molecule has 0 aromatic carbocycles. The lowest BCUT2D eigenvalue weighted by Gasteiger charge is -2.15. The first kappa shape index (κ1) is 13.3. The van der Waals surface area contributed by atoms with E-state index in [9.17, 15) is 8.42 Å². The van der Waals surface area contributed by atoms with Gasteiger partial charge in [0.1, 0.15) is 0 Å². The van der Waals surface area contributed by atoms with Gasteiger partial charge in [-0.1, -0.05) is 13.8 Å². The summed E-state index contributed by atoms with van der Waals surface area (Å²) >= 11 is 0. The van der Waals surface area contributed by atoms with Crippen molar-refractivity contribution in [3.8, 4) is 0 Å². The third kappa shape index (κ3) is 3.66. The molecular formula is C12H24N2O2S. The monoisotopic (exact) mass is 260 g/mol. The maximum absolute atomic E-state index is 12.0. The van der Waals surface area contributed by atoms with Crippen LogP contribution in [-0.4, -0.2) is 32.8 Å². The number of rotatable bonds is 7. The van der Waals surface area contributed by atoms with Gasteiger partial charge in [-0.15, -0.1) is 0 Å². The fraction of sp³-hybridized carbons (Fsp3) is 1.00. The van der Waals surface area contributed by atoms with Crippen LogP contribution >= 0.6 is 0 Å². The SMILES string of the molecule is CC(CNC1CC1)S(=O)(=O)NCC1CC1(C)C. The van der Waals surface area contributed by atoms with Crippen LogP contribution in [0.25, 0.3) is 0 Å². The molecule has 2 aliphatic rings. The first-order valence-corrected chi connectivity index (χ1v) is 8.08. The average molecular weight is 260 g/mol. The summed E-state index contributed by atoms with van der Waals surface area (Å²) in [4.78, 5) is 0. The molecule has 0 bridgehead atoms. The Hall–Kier alpha value is -0.130. The number of sulfonamides is 1. The summed E-state index contributed by atoms with van der Waals surface area (Å²) in [6, 6.07) is 0.565. The van der Waals surface area contributed by atoms with Crippen LogP contribution in [0.4, 0.5) is 0 Å². The molecule has 2 rings (SSSR count). The second-order valence-corrected chi connectivity index (χ2v) is 8.46. The zero-order valence-electron chi connectivity index (χ0n) is 11.0. The summed E-state index contributed by atoms with van der Waals surface area (Å²) in [6.45, 7) is 7.31. The lowest BCUT2D eigenvalue weighted by Crippen LogP contribution is -2.40. The zero-order chi connectivity index (χ0) is 12.7. The highest BCUT2D eigenvalue weighted by molar-refractivity contribution is 7.90. The molecule has 2 aliphatic carbocycles. The van der Waals surface area contributed by atoms with E-state index < -0.39 is 10.0 Å². The maximum atomic E-state index is 12.0. The van der Waals surface area contributed by atoms with Crippen molar-refractivity contribution in [1.29, 1.82) is 0 Å². The molecule has 2 saturated carbocycles. The molecule has 5 heteroatoms. The van der Waals surface area contributed by atoms with Gasteiger partial charge in [0.25, 0.3) is 0 Å². The first-order chi connectivity index (χ1) is 7.81. The fourth-order valence-corrected chi connectivity index (χ4v) is 3.05. The van der Waals surface area contributed by atoms with Gasteiger partial charge in [-0.05, 0) is 37.5 Å². The van der Waals surface area contributed by atoms with Crippen molar-refractivity contribution in [1.82, 2.24) is 10.0 Å². The third-order valence-corrected chi connectivity index (χ3v) is 5.84. The summed E-state index contributed by atoms with van der Waals surface area (Å²) in [5.41, 5.74) is 0.331. The molecule has 4 nitrogen and oxygen atoms in total. The van der Waals surface area contributed by atoms with Crippen LogP contribution in [-0.2, 0) is 10.0 Å². The Balaban J connectivity index is 1.72. The summed E-state index contributed by atoms with van der Waals surface area (Å²) in [7, 11) is -3.15. The highest BCUT2D eigenvalue weighted by atomic mass is 32.2. The Morgan fingerprint density at radius 2 is 1.94 bits per heavy atom. The van der Waals surface area contributed by atoms with Crippen molar-refractivity contribution in [2.45, 2.75) is 51.3 Å². The number of nitrogens with one attached hydrogen (secondary N) is 2. The van der Waals surface area contributed by atoms with E-state index in [2.05, 4.69) is 23.9 Å². The maximum Gasteiger partial charge on any atom is 0.215 e. The summed E-state index contributed by atoms with van der Waals surface area (Å²) in [6.07, 6.45) is 3.51. The van der Waals surface area contributed by atoms with Gasteiger partial charge in [0.05, 0.1) is 5.25 Å². The number of hydrogen-bond acceptors (Lipinski definition) is 3. The Morgan fingerprint density at radius 1 is 1.35 bits per heavy atom. The molecule has 0 aromatic rings. The van der Waals surface area contributed by atoms with Crippen molar-refractivity contribution in [3.05, 3.63) is 0 Å². The van der Waals surface area contributed by atoms with E-state index in [0.717, 1.165) is 6.42 Å². The molecule has 0 amide bonds. The topological polar surface area (TPSA) is 58.2 Å². The predicted molar refractivity (Wildman–Crippen MR) is 69.3 cm³/mol. The molecule has 0 aromatic heterocycles. The van der Waals surface area contributed by atoms with E-state index in [1.54, 1.807) is 6.92 Å². The van der Waals surface area contributed by atoms with E-state index in [-0.39, 0.29) is 5.25 Å². The first-order valence-electron chi connectivity index (χ1n) is 6.53. The molecular weight excluding hydrogens is 236 g/mol. The van der Waals surface area contributed by atoms with E-state index in [0.29, 0.717) is 30.5 Å². The standard InChI is InChI=1S/C12H24N2O2S/c1-9(7-13-11-4-5-11)17(15,16)14-8-10-6-12(10,2)3/h9-11,13-14H,4-8H2,1-3H3. The Bertz CT molecular complexity index is 374. The van der Waals surface area contributed by atoms with E-state index in [1.807, 2.05) is 0 Å². The van der Waals surface area contributed by atoms with E-state index in [4.69, 9.17) is 0 Å². The lowest BCUT2D eigenvalue weighted by atomic mass is 10.1.